The number of nitro benzene ring substituents is 1. The van der Waals surface area contributed by atoms with Crippen molar-refractivity contribution in [3.05, 3.63) is 40.1 Å². The number of carbonyl (C=O) groups is 1. The van der Waals surface area contributed by atoms with Crippen LogP contribution < -0.4 is 10.6 Å². The molecule has 3 rings (SSSR count). The maximum absolute atomic E-state index is 11.4. The number of benzene rings is 1. The lowest BCUT2D eigenvalue weighted by Crippen LogP contribution is -2.19. The quantitative estimate of drug-likeness (QED) is 0.663. The van der Waals surface area contributed by atoms with E-state index in [2.05, 4.69) is 15.7 Å². The first kappa shape index (κ1) is 13.1. The summed E-state index contributed by atoms with van der Waals surface area (Å²) < 4.78 is 1.60. The number of hydrogen-bond donors (Lipinski definition) is 2. The minimum Gasteiger partial charge on any atom is -0.333 e. The van der Waals surface area contributed by atoms with Crippen LogP contribution in [-0.4, -0.2) is 20.6 Å². The molecule has 0 saturated carbocycles. The fraction of sp³-hybridized carbons (Fsp3) is 0.231. The van der Waals surface area contributed by atoms with Crippen molar-refractivity contribution >= 4 is 28.8 Å². The predicted octanol–water partition coefficient (Wildman–Crippen LogP) is 1.96. The Bertz CT molecular complexity index is 737. The maximum Gasteiger partial charge on any atom is 0.294 e. The van der Waals surface area contributed by atoms with E-state index in [-0.39, 0.29) is 11.6 Å². The molecule has 1 aromatic heterocycles. The van der Waals surface area contributed by atoms with Crippen molar-refractivity contribution in [3.8, 4) is 0 Å². The van der Waals surface area contributed by atoms with Gasteiger partial charge in [0.1, 0.15) is 5.69 Å². The second kappa shape index (κ2) is 4.89. The molecule has 8 nitrogen and oxygen atoms in total. The molecule has 2 aromatic rings. The van der Waals surface area contributed by atoms with Gasteiger partial charge in [-0.3, -0.25) is 19.6 Å². The molecule has 8 heteroatoms. The largest absolute Gasteiger partial charge is 0.333 e. The van der Waals surface area contributed by atoms with Gasteiger partial charge in [-0.1, -0.05) is 0 Å². The third-order valence-electron chi connectivity index (χ3n) is 3.29. The number of nitrogens with one attached hydrogen (secondary N) is 2. The summed E-state index contributed by atoms with van der Waals surface area (Å²) in [5, 5.41) is 21.0. The van der Waals surface area contributed by atoms with Gasteiger partial charge in [0.15, 0.2) is 5.82 Å². The Kier molecular flexibility index (Phi) is 3.05. The first-order valence-corrected chi connectivity index (χ1v) is 6.41. The number of anilines is 3. The highest BCUT2D eigenvalue weighted by atomic mass is 16.6. The average Bonchev–Trinajstić information content (AvgIpc) is 2.83. The van der Waals surface area contributed by atoms with Gasteiger partial charge in [-0.15, -0.1) is 0 Å². The third-order valence-corrected chi connectivity index (χ3v) is 3.29. The van der Waals surface area contributed by atoms with Crippen molar-refractivity contribution in [2.45, 2.75) is 12.8 Å². The van der Waals surface area contributed by atoms with E-state index in [0.29, 0.717) is 30.0 Å². The smallest absolute Gasteiger partial charge is 0.294 e. The molecule has 0 bridgehead atoms. The summed E-state index contributed by atoms with van der Waals surface area (Å²) in [6.07, 6.45) is 2.69. The normalized spacial score (nSPS) is 13.5. The zero-order valence-corrected chi connectivity index (χ0v) is 11.3. The molecule has 1 amide bonds. The Labute approximate surface area is 119 Å². The van der Waals surface area contributed by atoms with E-state index < -0.39 is 4.92 Å². The van der Waals surface area contributed by atoms with Crippen molar-refractivity contribution in [2.24, 2.45) is 7.05 Å². The highest BCUT2D eigenvalue weighted by molar-refractivity contribution is 5.95. The van der Waals surface area contributed by atoms with E-state index in [4.69, 9.17) is 0 Å². The van der Waals surface area contributed by atoms with Gasteiger partial charge in [-0.25, -0.2) is 0 Å². The number of nitrogens with zero attached hydrogens (tertiary/aromatic N) is 3. The number of hydrogen-bond acceptors (Lipinski definition) is 5. The van der Waals surface area contributed by atoms with Gasteiger partial charge in [0.2, 0.25) is 5.91 Å². The number of rotatable bonds is 3. The molecule has 1 aliphatic rings. The van der Waals surface area contributed by atoms with Gasteiger partial charge in [0.05, 0.1) is 10.6 Å². The van der Waals surface area contributed by atoms with E-state index in [1.807, 2.05) is 0 Å². The Morgan fingerprint density at radius 3 is 2.90 bits per heavy atom. The molecule has 0 saturated heterocycles. The molecule has 0 atom stereocenters. The lowest BCUT2D eigenvalue weighted by molar-refractivity contribution is -0.383. The Balaban J connectivity index is 2.02. The second-order valence-electron chi connectivity index (χ2n) is 4.83. The first-order valence-electron chi connectivity index (χ1n) is 6.41. The number of fused-ring (bicyclic) bond motifs is 1. The van der Waals surface area contributed by atoms with Gasteiger partial charge in [-0.2, -0.15) is 5.10 Å². The van der Waals surface area contributed by atoms with Crippen LogP contribution in [0.2, 0.25) is 0 Å². The van der Waals surface area contributed by atoms with Crippen LogP contribution in [0.25, 0.3) is 0 Å². The summed E-state index contributed by atoms with van der Waals surface area (Å²) >= 11 is 0. The van der Waals surface area contributed by atoms with Gasteiger partial charge in [-0.05, 0) is 18.1 Å². The maximum atomic E-state index is 11.4. The molecule has 2 N–H and O–H groups in total. The van der Waals surface area contributed by atoms with Crippen molar-refractivity contribution in [1.29, 1.82) is 0 Å². The summed E-state index contributed by atoms with van der Waals surface area (Å²) in [4.78, 5) is 22.1. The highest BCUT2D eigenvalue weighted by Gasteiger charge is 2.22. The SMILES string of the molecule is Cn1ccc(Nc2cc3c(cc2[N+](=O)[O-])NC(=O)CC3)n1. The van der Waals surface area contributed by atoms with E-state index >= 15 is 0 Å². The summed E-state index contributed by atoms with van der Waals surface area (Å²) in [6.45, 7) is 0. The second-order valence-corrected chi connectivity index (χ2v) is 4.83. The van der Waals surface area contributed by atoms with Crippen LogP contribution in [-0.2, 0) is 18.3 Å². The molecule has 0 aliphatic carbocycles. The zero-order valence-electron chi connectivity index (χ0n) is 11.3. The predicted molar refractivity (Wildman–Crippen MR) is 76.5 cm³/mol. The molecule has 1 aromatic carbocycles. The van der Waals surface area contributed by atoms with Crippen LogP contribution >= 0.6 is 0 Å². The monoisotopic (exact) mass is 287 g/mol. The fourth-order valence-corrected chi connectivity index (χ4v) is 2.29. The van der Waals surface area contributed by atoms with Crippen LogP contribution in [0.3, 0.4) is 0 Å². The average molecular weight is 287 g/mol. The highest BCUT2D eigenvalue weighted by Crippen LogP contribution is 2.35. The van der Waals surface area contributed by atoms with Gasteiger partial charge in [0.25, 0.3) is 5.69 Å². The topological polar surface area (TPSA) is 102 Å². The molecular weight excluding hydrogens is 274 g/mol. The van der Waals surface area contributed by atoms with Crippen molar-refractivity contribution in [3.63, 3.8) is 0 Å². The van der Waals surface area contributed by atoms with E-state index in [1.165, 1.54) is 6.07 Å². The standard InChI is InChI=1S/C13H13N5O3/c1-17-5-4-12(16-17)14-10-6-8-2-3-13(19)15-9(8)7-11(10)18(20)21/h4-7H,2-3H2,1H3,(H,14,16)(H,15,19). The Morgan fingerprint density at radius 2 is 2.24 bits per heavy atom. The van der Waals surface area contributed by atoms with Crippen molar-refractivity contribution < 1.29 is 9.72 Å². The van der Waals surface area contributed by atoms with E-state index in [9.17, 15) is 14.9 Å². The summed E-state index contributed by atoms with van der Waals surface area (Å²) in [5.41, 5.74) is 1.65. The van der Waals surface area contributed by atoms with Gasteiger partial charge in [0, 0.05) is 31.8 Å². The Hall–Kier alpha value is -2.90. The minimum atomic E-state index is -0.480. The van der Waals surface area contributed by atoms with E-state index in [0.717, 1.165) is 5.56 Å². The molecule has 21 heavy (non-hydrogen) atoms. The molecule has 108 valence electrons. The van der Waals surface area contributed by atoms with Gasteiger partial charge < -0.3 is 10.6 Å². The third kappa shape index (κ3) is 2.55. The lowest BCUT2D eigenvalue weighted by atomic mass is 10.0. The summed E-state index contributed by atoms with van der Waals surface area (Å²) in [7, 11) is 1.77. The van der Waals surface area contributed by atoms with Gasteiger partial charge >= 0.3 is 0 Å². The molecule has 0 fully saturated rings. The lowest BCUT2D eigenvalue weighted by Gasteiger charge is -2.17. The van der Waals surface area contributed by atoms with E-state index in [1.54, 1.807) is 30.1 Å². The number of carbonyl (C=O) groups excluding carboxylic acids is 1. The molecule has 0 spiro atoms. The first-order chi connectivity index (χ1) is 10.0. The minimum absolute atomic E-state index is 0.0957. The molecule has 1 aliphatic heterocycles. The van der Waals surface area contributed by atoms with Crippen LogP contribution in [0.1, 0.15) is 12.0 Å². The Morgan fingerprint density at radius 1 is 1.43 bits per heavy atom. The number of nitro groups is 1. The summed E-state index contributed by atoms with van der Waals surface area (Å²) in [6, 6.07) is 4.81. The van der Waals surface area contributed by atoms with Crippen LogP contribution in [0.5, 0.6) is 0 Å². The number of amides is 1. The number of aromatic nitrogens is 2. The van der Waals surface area contributed by atoms with Crippen LogP contribution in [0, 0.1) is 10.1 Å². The van der Waals surface area contributed by atoms with Crippen LogP contribution in [0.15, 0.2) is 24.4 Å². The molecular formula is C13H13N5O3. The molecule has 2 heterocycles. The van der Waals surface area contributed by atoms with Crippen LogP contribution in [0.4, 0.5) is 22.9 Å². The molecule has 0 radical (unpaired) electrons. The zero-order chi connectivity index (χ0) is 15.0. The van der Waals surface area contributed by atoms with Crippen molar-refractivity contribution in [1.82, 2.24) is 9.78 Å². The fourth-order valence-electron chi connectivity index (χ4n) is 2.29. The van der Waals surface area contributed by atoms with Crippen molar-refractivity contribution in [2.75, 3.05) is 10.6 Å². The summed E-state index contributed by atoms with van der Waals surface area (Å²) in [5.74, 6) is 0.405. The number of aryl methyl sites for hydroxylation is 2. The molecule has 0 unspecified atom stereocenters.